The molecule has 8 heteroatoms. The van der Waals surface area contributed by atoms with Gasteiger partial charge in [-0.25, -0.2) is 9.37 Å². The SMILES string of the molecule is CN(C)CCOc1cc(F)cc(-c2cccc3[nH]c(-c4n[nH]c5ncc(-c6cccnc6)cc45)cc23)c1. The highest BCUT2D eigenvalue weighted by Crippen LogP contribution is 2.36. The molecule has 0 spiro atoms. The van der Waals surface area contributed by atoms with E-state index in [4.69, 9.17) is 4.74 Å². The zero-order chi connectivity index (χ0) is 25.4. The largest absolute Gasteiger partial charge is 0.492 e. The fourth-order valence-corrected chi connectivity index (χ4v) is 4.48. The van der Waals surface area contributed by atoms with Crippen molar-refractivity contribution in [2.75, 3.05) is 27.2 Å². The summed E-state index contributed by atoms with van der Waals surface area (Å²) in [7, 11) is 3.95. The van der Waals surface area contributed by atoms with Crippen LogP contribution in [0.1, 0.15) is 0 Å². The van der Waals surface area contributed by atoms with E-state index in [1.807, 2.05) is 67.8 Å². The zero-order valence-corrected chi connectivity index (χ0v) is 20.5. The molecule has 0 aliphatic carbocycles. The second-order valence-electron chi connectivity index (χ2n) is 9.21. The number of aromatic amines is 2. The first-order chi connectivity index (χ1) is 18.0. The predicted octanol–water partition coefficient (Wildman–Crippen LogP) is 5.91. The minimum absolute atomic E-state index is 0.336. The van der Waals surface area contributed by atoms with E-state index in [9.17, 15) is 4.39 Å². The van der Waals surface area contributed by atoms with E-state index >= 15 is 0 Å². The first kappa shape index (κ1) is 22.9. The molecule has 6 rings (SSSR count). The van der Waals surface area contributed by atoms with E-state index < -0.39 is 0 Å². The van der Waals surface area contributed by atoms with Gasteiger partial charge in [0.05, 0.1) is 5.69 Å². The lowest BCUT2D eigenvalue weighted by molar-refractivity contribution is 0.260. The van der Waals surface area contributed by atoms with Crippen molar-refractivity contribution in [2.45, 2.75) is 0 Å². The van der Waals surface area contributed by atoms with Crippen molar-refractivity contribution >= 4 is 21.9 Å². The molecule has 4 aromatic heterocycles. The van der Waals surface area contributed by atoms with Crippen LogP contribution in [0, 0.1) is 5.82 Å². The van der Waals surface area contributed by atoms with Crippen molar-refractivity contribution in [2.24, 2.45) is 0 Å². The van der Waals surface area contributed by atoms with Crippen molar-refractivity contribution in [3.8, 4) is 39.4 Å². The Morgan fingerprint density at radius 3 is 2.68 bits per heavy atom. The molecule has 184 valence electrons. The number of nitrogens with zero attached hydrogens (tertiary/aromatic N) is 4. The van der Waals surface area contributed by atoms with Gasteiger partial charge in [0.2, 0.25) is 0 Å². The summed E-state index contributed by atoms with van der Waals surface area (Å²) >= 11 is 0. The molecule has 2 aromatic carbocycles. The normalized spacial score (nSPS) is 11.6. The second kappa shape index (κ2) is 9.48. The summed E-state index contributed by atoms with van der Waals surface area (Å²) in [5, 5.41) is 9.46. The maximum absolute atomic E-state index is 14.6. The van der Waals surface area contributed by atoms with Crippen molar-refractivity contribution in [3.05, 3.63) is 85.1 Å². The number of likely N-dealkylation sites (N-methyl/N-ethyl adjacent to an activating group) is 1. The number of nitrogens with one attached hydrogen (secondary N) is 2. The van der Waals surface area contributed by atoms with Gasteiger partial charge in [-0.15, -0.1) is 0 Å². The minimum Gasteiger partial charge on any atom is -0.492 e. The molecule has 0 radical (unpaired) electrons. The molecule has 0 fully saturated rings. The summed E-state index contributed by atoms with van der Waals surface area (Å²) in [6.45, 7) is 1.23. The number of rotatable bonds is 7. The summed E-state index contributed by atoms with van der Waals surface area (Å²) < 4.78 is 20.4. The Labute approximate surface area is 213 Å². The number of fused-ring (bicyclic) bond motifs is 2. The highest BCUT2D eigenvalue weighted by atomic mass is 19.1. The molecular formula is C29H25FN6O. The van der Waals surface area contributed by atoms with E-state index in [0.29, 0.717) is 18.0 Å². The number of aromatic nitrogens is 5. The van der Waals surface area contributed by atoms with Gasteiger partial charge in [-0.3, -0.25) is 10.1 Å². The van der Waals surface area contributed by atoms with Crippen LogP contribution in [-0.2, 0) is 0 Å². The maximum atomic E-state index is 14.6. The Morgan fingerprint density at radius 1 is 0.919 bits per heavy atom. The van der Waals surface area contributed by atoms with Crippen LogP contribution in [0.15, 0.2) is 79.3 Å². The van der Waals surface area contributed by atoms with Gasteiger partial charge < -0.3 is 14.6 Å². The summed E-state index contributed by atoms with van der Waals surface area (Å²) in [5.74, 6) is 0.175. The predicted molar refractivity (Wildman–Crippen MR) is 144 cm³/mol. The Balaban J connectivity index is 1.41. The van der Waals surface area contributed by atoms with Gasteiger partial charge in [0.15, 0.2) is 5.65 Å². The van der Waals surface area contributed by atoms with Crippen LogP contribution in [0.4, 0.5) is 4.39 Å². The van der Waals surface area contributed by atoms with Crippen LogP contribution in [0.5, 0.6) is 5.75 Å². The molecule has 0 aliphatic rings. The summed E-state index contributed by atoms with van der Waals surface area (Å²) in [4.78, 5) is 14.3. The molecule has 0 bridgehead atoms. The fraction of sp³-hybridized carbons (Fsp3) is 0.138. The average molecular weight is 493 g/mol. The van der Waals surface area contributed by atoms with Gasteiger partial charge in [-0.05, 0) is 61.6 Å². The lowest BCUT2D eigenvalue weighted by atomic mass is 10.0. The molecule has 0 aliphatic heterocycles. The number of hydrogen-bond acceptors (Lipinski definition) is 5. The van der Waals surface area contributed by atoms with Crippen LogP contribution in [0.25, 0.3) is 55.6 Å². The van der Waals surface area contributed by atoms with E-state index in [1.54, 1.807) is 6.20 Å². The highest BCUT2D eigenvalue weighted by molar-refractivity contribution is 6.01. The number of halogens is 1. The van der Waals surface area contributed by atoms with E-state index in [-0.39, 0.29) is 5.82 Å². The third-order valence-corrected chi connectivity index (χ3v) is 6.32. The quantitative estimate of drug-likeness (QED) is 0.289. The smallest absolute Gasteiger partial charge is 0.155 e. The number of pyridine rings is 2. The molecule has 2 N–H and O–H groups in total. The molecule has 37 heavy (non-hydrogen) atoms. The second-order valence-corrected chi connectivity index (χ2v) is 9.21. The number of ether oxygens (including phenoxy) is 1. The Morgan fingerprint density at radius 2 is 1.84 bits per heavy atom. The standard InChI is InChI=1S/C29H25FN6O/c1-36(2)9-10-37-22-12-19(11-21(30)14-22)23-6-3-7-26-24(23)15-27(33-26)28-25-13-20(17-32-29(25)35-34-28)18-5-4-8-31-16-18/h3-8,11-17,33H,9-10H2,1-2H3,(H,32,34,35). The highest BCUT2D eigenvalue weighted by Gasteiger charge is 2.16. The first-order valence-electron chi connectivity index (χ1n) is 12.0. The van der Waals surface area contributed by atoms with E-state index in [2.05, 4.69) is 37.3 Å². The zero-order valence-electron chi connectivity index (χ0n) is 20.5. The lowest BCUT2D eigenvalue weighted by Gasteiger charge is -2.12. The lowest BCUT2D eigenvalue weighted by Crippen LogP contribution is -2.19. The molecule has 0 amide bonds. The van der Waals surface area contributed by atoms with Crippen molar-refractivity contribution in [1.82, 2.24) is 30.0 Å². The third-order valence-electron chi connectivity index (χ3n) is 6.32. The van der Waals surface area contributed by atoms with Crippen LogP contribution in [0.3, 0.4) is 0 Å². The van der Waals surface area contributed by atoms with Gasteiger partial charge in [0, 0.05) is 58.6 Å². The molecule has 0 unspecified atom stereocenters. The molecule has 0 saturated carbocycles. The van der Waals surface area contributed by atoms with Crippen molar-refractivity contribution in [3.63, 3.8) is 0 Å². The average Bonchev–Trinajstić information content (AvgIpc) is 3.52. The Hall–Kier alpha value is -4.56. The van der Waals surface area contributed by atoms with Crippen molar-refractivity contribution in [1.29, 1.82) is 0 Å². The summed E-state index contributed by atoms with van der Waals surface area (Å²) in [6, 6.07) is 18.8. The summed E-state index contributed by atoms with van der Waals surface area (Å²) in [6.07, 6.45) is 5.38. The monoisotopic (exact) mass is 492 g/mol. The topological polar surface area (TPSA) is 82.7 Å². The molecule has 0 saturated heterocycles. The third kappa shape index (κ3) is 4.54. The molecular weight excluding hydrogens is 467 g/mol. The summed E-state index contributed by atoms with van der Waals surface area (Å²) in [5.41, 5.74) is 6.85. The molecule has 6 aromatic rings. The van der Waals surface area contributed by atoms with Crippen LogP contribution in [0.2, 0.25) is 0 Å². The molecule has 7 nitrogen and oxygen atoms in total. The maximum Gasteiger partial charge on any atom is 0.155 e. The van der Waals surface area contributed by atoms with Crippen LogP contribution in [-0.4, -0.2) is 57.3 Å². The number of benzene rings is 2. The van der Waals surface area contributed by atoms with Crippen LogP contribution >= 0.6 is 0 Å². The van der Waals surface area contributed by atoms with E-state index in [1.165, 1.54) is 12.1 Å². The van der Waals surface area contributed by atoms with Gasteiger partial charge in [-0.1, -0.05) is 18.2 Å². The number of hydrogen-bond donors (Lipinski definition) is 2. The van der Waals surface area contributed by atoms with Gasteiger partial charge in [0.25, 0.3) is 0 Å². The van der Waals surface area contributed by atoms with Crippen molar-refractivity contribution < 1.29 is 9.13 Å². The molecule has 4 heterocycles. The van der Waals surface area contributed by atoms with E-state index in [0.717, 1.165) is 56.5 Å². The number of H-pyrrole nitrogens is 2. The fourth-order valence-electron chi connectivity index (χ4n) is 4.48. The van der Waals surface area contributed by atoms with Gasteiger partial charge in [-0.2, -0.15) is 5.10 Å². The Kier molecular flexibility index (Phi) is 5.86. The molecule has 0 atom stereocenters. The van der Waals surface area contributed by atoms with Gasteiger partial charge in [0.1, 0.15) is 23.9 Å². The minimum atomic E-state index is -0.336. The Bertz CT molecular complexity index is 1710. The van der Waals surface area contributed by atoms with Gasteiger partial charge >= 0.3 is 0 Å². The van der Waals surface area contributed by atoms with Crippen LogP contribution < -0.4 is 4.74 Å². The first-order valence-corrected chi connectivity index (χ1v) is 12.0.